The molecule has 3 rings (SSSR count). The summed E-state index contributed by atoms with van der Waals surface area (Å²) < 4.78 is 12.8. The molecular weight excluding hydrogens is 215 g/mol. The quantitative estimate of drug-likeness (QED) is 0.843. The highest BCUT2D eigenvalue weighted by molar-refractivity contribution is 5.16. The molecule has 0 saturated carbocycles. The van der Waals surface area contributed by atoms with Crippen molar-refractivity contribution in [1.29, 1.82) is 0 Å². The van der Waals surface area contributed by atoms with Gasteiger partial charge in [0.15, 0.2) is 0 Å². The van der Waals surface area contributed by atoms with Crippen LogP contribution in [0, 0.1) is 5.82 Å². The number of halogens is 1. The van der Waals surface area contributed by atoms with Crippen molar-refractivity contribution in [2.24, 2.45) is 0 Å². The van der Waals surface area contributed by atoms with Gasteiger partial charge in [0.1, 0.15) is 5.82 Å². The third-order valence-electron chi connectivity index (χ3n) is 3.93. The highest BCUT2D eigenvalue weighted by atomic mass is 19.1. The number of fused-ring (bicyclic) bond motifs is 2. The SMILES string of the molecule is Fc1ccc(CN2CCC3CCC(C2)N3)cc1. The van der Waals surface area contributed by atoms with E-state index in [1.807, 2.05) is 12.1 Å². The minimum absolute atomic E-state index is 0.148. The first-order valence-electron chi connectivity index (χ1n) is 6.52. The third-order valence-corrected chi connectivity index (χ3v) is 3.93. The predicted octanol–water partition coefficient (Wildman–Crippen LogP) is 2.15. The van der Waals surface area contributed by atoms with Crippen LogP contribution in [0.15, 0.2) is 24.3 Å². The summed E-state index contributed by atoms with van der Waals surface area (Å²) in [4.78, 5) is 2.49. The molecule has 0 amide bonds. The maximum absolute atomic E-state index is 12.8. The van der Waals surface area contributed by atoms with Crippen LogP contribution in [0.3, 0.4) is 0 Å². The number of nitrogens with one attached hydrogen (secondary N) is 1. The Hall–Kier alpha value is -0.930. The van der Waals surface area contributed by atoms with Crippen molar-refractivity contribution in [3.05, 3.63) is 35.6 Å². The molecule has 0 spiro atoms. The Balaban J connectivity index is 1.63. The predicted molar refractivity (Wildman–Crippen MR) is 66.2 cm³/mol. The summed E-state index contributed by atoms with van der Waals surface area (Å²) in [6.07, 6.45) is 3.90. The lowest BCUT2D eigenvalue weighted by Crippen LogP contribution is -2.34. The highest BCUT2D eigenvalue weighted by Crippen LogP contribution is 2.21. The molecule has 17 heavy (non-hydrogen) atoms. The van der Waals surface area contributed by atoms with E-state index in [1.165, 1.54) is 24.8 Å². The first-order valence-corrected chi connectivity index (χ1v) is 6.52. The molecule has 1 aromatic carbocycles. The Labute approximate surface area is 102 Å². The van der Waals surface area contributed by atoms with Gasteiger partial charge in [-0.2, -0.15) is 0 Å². The van der Waals surface area contributed by atoms with Gasteiger partial charge < -0.3 is 5.32 Å². The van der Waals surface area contributed by atoms with Crippen LogP contribution < -0.4 is 5.32 Å². The van der Waals surface area contributed by atoms with E-state index in [0.717, 1.165) is 25.7 Å². The number of benzene rings is 1. The van der Waals surface area contributed by atoms with E-state index < -0.39 is 0 Å². The van der Waals surface area contributed by atoms with Crippen LogP contribution in [-0.2, 0) is 6.54 Å². The summed E-state index contributed by atoms with van der Waals surface area (Å²) in [6.45, 7) is 3.24. The number of hydrogen-bond acceptors (Lipinski definition) is 2. The Kier molecular flexibility index (Phi) is 3.12. The van der Waals surface area contributed by atoms with Crippen LogP contribution in [0.5, 0.6) is 0 Å². The minimum atomic E-state index is -0.148. The average molecular weight is 234 g/mol. The Morgan fingerprint density at radius 1 is 1.12 bits per heavy atom. The minimum Gasteiger partial charge on any atom is -0.310 e. The molecule has 2 aliphatic heterocycles. The van der Waals surface area contributed by atoms with Crippen LogP contribution in [-0.4, -0.2) is 30.1 Å². The average Bonchev–Trinajstić information content (AvgIpc) is 2.66. The molecule has 1 aromatic rings. The normalized spacial score (nSPS) is 29.2. The second kappa shape index (κ2) is 4.75. The van der Waals surface area contributed by atoms with Gasteiger partial charge in [-0.25, -0.2) is 4.39 Å². The van der Waals surface area contributed by atoms with E-state index in [0.29, 0.717) is 6.04 Å². The van der Waals surface area contributed by atoms with E-state index in [4.69, 9.17) is 0 Å². The topological polar surface area (TPSA) is 15.3 Å². The van der Waals surface area contributed by atoms with Crippen molar-refractivity contribution in [3.63, 3.8) is 0 Å². The van der Waals surface area contributed by atoms with E-state index in [2.05, 4.69) is 10.2 Å². The van der Waals surface area contributed by atoms with Gasteiger partial charge in [-0.05, 0) is 37.0 Å². The zero-order chi connectivity index (χ0) is 11.7. The fraction of sp³-hybridized carbons (Fsp3) is 0.571. The number of likely N-dealkylation sites (tertiary alicyclic amines) is 1. The van der Waals surface area contributed by atoms with Crippen molar-refractivity contribution in [2.75, 3.05) is 13.1 Å². The van der Waals surface area contributed by atoms with Crippen molar-refractivity contribution in [1.82, 2.24) is 10.2 Å². The van der Waals surface area contributed by atoms with Gasteiger partial charge in [-0.1, -0.05) is 12.1 Å². The summed E-state index contributed by atoms with van der Waals surface area (Å²) in [7, 11) is 0. The number of rotatable bonds is 2. The molecular formula is C14H19FN2. The molecule has 2 heterocycles. The molecule has 2 atom stereocenters. The lowest BCUT2D eigenvalue weighted by Gasteiger charge is -2.23. The monoisotopic (exact) mass is 234 g/mol. The van der Waals surface area contributed by atoms with Crippen LogP contribution in [0.2, 0.25) is 0 Å². The Bertz CT molecular complexity index is 376. The van der Waals surface area contributed by atoms with Crippen LogP contribution in [0.1, 0.15) is 24.8 Å². The molecule has 2 fully saturated rings. The van der Waals surface area contributed by atoms with Gasteiger partial charge in [-0.15, -0.1) is 0 Å². The second-order valence-corrected chi connectivity index (χ2v) is 5.29. The first-order chi connectivity index (χ1) is 8.29. The molecule has 2 unspecified atom stereocenters. The number of hydrogen-bond donors (Lipinski definition) is 1. The lowest BCUT2D eigenvalue weighted by atomic mass is 10.1. The summed E-state index contributed by atoms with van der Waals surface area (Å²) in [6, 6.07) is 8.30. The van der Waals surface area contributed by atoms with E-state index in [9.17, 15) is 4.39 Å². The molecule has 0 aliphatic carbocycles. The second-order valence-electron chi connectivity index (χ2n) is 5.29. The van der Waals surface area contributed by atoms with E-state index >= 15 is 0 Å². The van der Waals surface area contributed by atoms with Crippen LogP contribution in [0.25, 0.3) is 0 Å². The molecule has 2 aliphatic rings. The molecule has 3 heteroatoms. The molecule has 2 saturated heterocycles. The van der Waals surface area contributed by atoms with Crippen LogP contribution in [0.4, 0.5) is 4.39 Å². The molecule has 2 nitrogen and oxygen atoms in total. The summed E-state index contributed by atoms with van der Waals surface area (Å²) in [5, 5.41) is 3.68. The fourth-order valence-electron chi connectivity index (χ4n) is 3.01. The zero-order valence-corrected chi connectivity index (χ0v) is 10.0. The van der Waals surface area contributed by atoms with Gasteiger partial charge >= 0.3 is 0 Å². The smallest absolute Gasteiger partial charge is 0.123 e. The van der Waals surface area contributed by atoms with Crippen molar-refractivity contribution < 1.29 is 4.39 Å². The Morgan fingerprint density at radius 3 is 2.71 bits per heavy atom. The van der Waals surface area contributed by atoms with Gasteiger partial charge in [0, 0.05) is 31.7 Å². The van der Waals surface area contributed by atoms with Crippen LogP contribution >= 0.6 is 0 Å². The summed E-state index contributed by atoms with van der Waals surface area (Å²) in [5.74, 6) is -0.148. The standard InChI is InChI=1S/C14H19FN2/c15-12-3-1-11(2-4-12)9-17-8-7-13-5-6-14(10-17)16-13/h1-4,13-14,16H,5-10H2. The largest absolute Gasteiger partial charge is 0.310 e. The summed E-state index contributed by atoms with van der Waals surface area (Å²) in [5.41, 5.74) is 1.21. The molecule has 2 bridgehead atoms. The molecule has 1 N–H and O–H groups in total. The molecule has 0 aromatic heterocycles. The first kappa shape index (κ1) is 11.2. The van der Waals surface area contributed by atoms with Crippen molar-refractivity contribution in [3.8, 4) is 0 Å². The van der Waals surface area contributed by atoms with Gasteiger partial charge in [-0.3, -0.25) is 4.90 Å². The maximum atomic E-state index is 12.8. The van der Waals surface area contributed by atoms with Crippen molar-refractivity contribution >= 4 is 0 Å². The fourth-order valence-corrected chi connectivity index (χ4v) is 3.01. The van der Waals surface area contributed by atoms with Gasteiger partial charge in [0.25, 0.3) is 0 Å². The summed E-state index contributed by atoms with van der Waals surface area (Å²) >= 11 is 0. The zero-order valence-electron chi connectivity index (χ0n) is 10.0. The van der Waals surface area contributed by atoms with Gasteiger partial charge in [0.05, 0.1) is 0 Å². The number of nitrogens with zero attached hydrogens (tertiary/aromatic N) is 1. The lowest BCUT2D eigenvalue weighted by molar-refractivity contribution is 0.251. The van der Waals surface area contributed by atoms with E-state index in [1.54, 1.807) is 12.1 Å². The van der Waals surface area contributed by atoms with Gasteiger partial charge in [0.2, 0.25) is 0 Å². The Morgan fingerprint density at radius 2 is 1.88 bits per heavy atom. The van der Waals surface area contributed by atoms with Crippen molar-refractivity contribution in [2.45, 2.75) is 37.9 Å². The molecule has 92 valence electrons. The highest BCUT2D eigenvalue weighted by Gasteiger charge is 2.28. The third kappa shape index (κ3) is 2.67. The molecule has 0 radical (unpaired) electrons. The maximum Gasteiger partial charge on any atom is 0.123 e. The van der Waals surface area contributed by atoms with E-state index in [-0.39, 0.29) is 5.82 Å².